The first kappa shape index (κ1) is 21.3. The van der Waals surface area contributed by atoms with E-state index < -0.39 is 28.2 Å². The van der Waals surface area contributed by atoms with Gasteiger partial charge >= 0.3 is 11.7 Å². The summed E-state index contributed by atoms with van der Waals surface area (Å²) >= 11 is 0.856. The maximum atomic E-state index is 12.4. The van der Waals surface area contributed by atoms with Gasteiger partial charge in [0.1, 0.15) is 0 Å². The molecule has 0 spiro atoms. The predicted octanol–water partition coefficient (Wildman–Crippen LogP) is 0.112. The van der Waals surface area contributed by atoms with Crippen LogP contribution in [0.15, 0.2) is 39.0 Å². The predicted molar refractivity (Wildman–Crippen MR) is 107 cm³/mol. The first-order valence-corrected chi connectivity index (χ1v) is 9.61. The molecular weight excluding hydrogens is 418 g/mol. The monoisotopic (exact) mass is 435 g/mol. The minimum atomic E-state index is -1.09. The smallest absolute Gasteiger partial charge is 0.329 e. The number of H-pyrrole nitrogens is 1. The van der Waals surface area contributed by atoms with Gasteiger partial charge in [0.2, 0.25) is 0 Å². The molecule has 1 atom stereocenters. The van der Waals surface area contributed by atoms with Crippen LogP contribution in [0.25, 0.3) is 11.2 Å². The third-order valence-corrected chi connectivity index (χ3v) is 5.27. The highest BCUT2D eigenvalue weighted by Crippen LogP contribution is 2.22. The highest BCUT2D eigenvalue weighted by Gasteiger charge is 2.21. The molecule has 3 aromatic rings. The number of nitro benzene ring substituents is 1. The van der Waals surface area contributed by atoms with E-state index >= 15 is 0 Å². The lowest BCUT2D eigenvalue weighted by Crippen LogP contribution is -2.30. The number of hydrogen-bond donors (Lipinski definition) is 3. The fraction of sp³-hybridized carbons (Fsp3) is 0.294. The standard InChI is InChI=1S/C17H17N5O7S/c1-20-14-13(15(26)19-16(20)27)21(17(18-14)30-8-12(24)25)7-11(23)6-9-2-4-10(5-3-9)22(28)29/h2-5,11,23H,6-8H2,1H3,(H,24,25)(H,19,26,27)/t11-/m0/s1. The number of nitro groups is 1. The second-order valence-electron chi connectivity index (χ2n) is 6.46. The van der Waals surface area contributed by atoms with E-state index in [0.29, 0.717) is 5.56 Å². The molecule has 0 amide bonds. The minimum absolute atomic E-state index is 0.0349. The lowest BCUT2D eigenvalue weighted by Gasteiger charge is -2.14. The van der Waals surface area contributed by atoms with Crippen LogP contribution in [0.4, 0.5) is 5.69 Å². The average molecular weight is 435 g/mol. The summed E-state index contributed by atoms with van der Waals surface area (Å²) in [7, 11) is 1.41. The van der Waals surface area contributed by atoms with Crippen molar-refractivity contribution in [3.05, 3.63) is 60.8 Å². The van der Waals surface area contributed by atoms with E-state index in [0.717, 1.165) is 16.3 Å². The van der Waals surface area contributed by atoms with Gasteiger partial charge in [0.05, 0.1) is 23.3 Å². The molecule has 0 saturated heterocycles. The first-order valence-electron chi connectivity index (χ1n) is 8.63. The molecule has 0 aliphatic heterocycles. The van der Waals surface area contributed by atoms with Crippen molar-refractivity contribution in [2.24, 2.45) is 7.05 Å². The number of aromatic nitrogens is 4. The van der Waals surface area contributed by atoms with Gasteiger partial charge in [-0.3, -0.25) is 29.3 Å². The van der Waals surface area contributed by atoms with Gasteiger partial charge in [0, 0.05) is 25.6 Å². The Morgan fingerprint density at radius 1 is 1.33 bits per heavy atom. The van der Waals surface area contributed by atoms with Crippen LogP contribution in [0.2, 0.25) is 0 Å². The Balaban J connectivity index is 1.94. The van der Waals surface area contributed by atoms with E-state index in [4.69, 9.17) is 5.11 Å². The maximum absolute atomic E-state index is 12.4. The number of imidazole rings is 1. The molecule has 0 unspecified atom stereocenters. The molecular formula is C17H17N5O7S. The number of aryl methyl sites for hydroxylation is 1. The number of benzene rings is 1. The Kier molecular flexibility index (Phi) is 6.03. The number of carboxylic acids is 1. The van der Waals surface area contributed by atoms with Gasteiger partial charge in [-0.05, 0) is 5.56 Å². The zero-order valence-corrected chi connectivity index (χ0v) is 16.5. The Labute approximate surface area is 171 Å². The summed E-state index contributed by atoms with van der Waals surface area (Å²) in [4.78, 5) is 51.7. The van der Waals surface area contributed by atoms with Crippen LogP contribution >= 0.6 is 11.8 Å². The largest absolute Gasteiger partial charge is 0.481 e. The summed E-state index contributed by atoms with van der Waals surface area (Å²) in [5.74, 6) is -1.42. The van der Waals surface area contributed by atoms with E-state index in [9.17, 15) is 29.6 Å². The molecule has 0 fully saturated rings. The van der Waals surface area contributed by atoms with E-state index in [1.807, 2.05) is 0 Å². The number of carboxylic acid groups (broad SMARTS) is 1. The fourth-order valence-electron chi connectivity index (χ4n) is 2.92. The third kappa shape index (κ3) is 4.41. The lowest BCUT2D eigenvalue weighted by atomic mass is 10.1. The number of fused-ring (bicyclic) bond motifs is 1. The number of nitrogens with one attached hydrogen (secondary N) is 1. The molecule has 0 bridgehead atoms. The second-order valence-corrected chi connectivity index (χ2v) is 7.40. The van der Waals surface area contributed by atoms with Crippen molar-refractivity contribution in [2.45, 2.75) is 24.2 Å². The second kappa shape index (κ2) is 8.51. The average Bonchev–Trinajstić information content (AvgIpc) is 3.03. The summed E-state index contributed by atoms with van der Waals surface area (Å²) in [6, 6.07) is 5.68. The SMILES string of the molecule is Cn1c(=O)[nH]c(=O)c2c1nc(SCC(=O)O)n2C[C@@H](O)Cc1ccc([N+](=O)[O-])cc1. The number of nitrogens with zero attached hydrogens (tertiary/aromatic N) is 4. The zero-order chi connectivity index (χ0) is 22.0. The van der Waals surface area contributed by atoms with Crippen LogP contribution in [0.5, 0.6) is 0 Å². The molecule has 0 aliphatic rings. The van der Waals surface area contributed by atoms with Crippen LogP contribution in [-0.4, -0.2) is 52.1 Å². The van der Waals surface area contributed by atoms with Gasteiger partial charge in [-0.15, -0.1) is 0 Å². The topological polar surface area (TPSA) is 173 Å². The third-order valence-electron chi connectivity index (χ3n) is 4.31. The molecule has 0 saturated carbocycles. The van der Waals surface area contributed by atoms with Crippen molar-refractivity contribution in [1.29, 1.82) is 0 Å². The van der Waals surface area contributed by atoms with Crippen molar-refractivity contribution in [3.8, 4) is 0 Å². The number of aliphatic hydroxyl groups is 1. The van der Waals surface area contributed by atoms with Crippen LogP contribution in [0.1, 0.15) is 5.56 Å². The fourth-order valence-corrected chi connectivity index (χ4v) is 3.65. The number of hydrogen-bond acceptors (Lipinski definition) is 8. The number of rotatable bonds is 8. The number of thioether (sulfide) groups is 1. The number of carbonyl (C=O) groups is 1. The summed E-state index contributed by atoms with van der Waals surface area (Å²) in [5.41, 5.74) is -0.706. The molecule has 1 aromatic carbocycles. The maximum Gasteiger partial charge on any atom is 0.329 e. The number of aromatic amines is 1. The molecule has 0 radical (unpaired) electrons. The molecule has 158 valence electrons. The number of aliphatic hydroxyl groups excluding tert-OH is 1. The highest BCUT2D eigenvalue weighted by molar-refractivity contribution is 7.99. The molecule has 3 rings (SSSR count). The van der Waals surface area contributed by atoms with E-state index in [2.05, 4.69) is 9.97 Å². The number of aliphatic carboxylic acids is 1. The van der Waals surface area contributed by atoms with Crippen LogP contribution in [-0.2, 0) is 24.8 Å². The van der Waals surface area contributed by atoms with Crippen molar-refractivity contribution >= 4 is 34.6 Å². The Hall–Kier alpha value is -3.45. The molecule has 0 aliphatic carbocycles. The van der Waals surface area contributed by atoms with Crippen molar-refractivity contribution in [3.63, 3.8) is 0 Å². The molecule has 30 heavy (non-hydrogen) atoms. The Morgan fingerprint density at radius 2 is 2.00 bits per heavy atom. The van der Waals surface area contributed by atoms with E-state index in [1.165, 1.54) is 35.9 Å². The van der Waals surface area contributed by atoms with Crippen LogP contribution in [0, 0.1) is 10.1 Å². The molecule has 12 nitrogen and oxygen atoms in total. The summed E-state index contributed by atoms with van der Waals surface area (Å²) in [6.07, 6.45) is -0.880. The quantitative estimate of drug-likeness (QED) is 0.252. The van der Waals surface area contributed by atoms with Crippen LogP contribution < -0.4 is 11.2 Å². The van der Waals surface area contributed by atoms with Gasteiger partial charge in [-0.1, -0.05) is 23.9 Å². The van der Waals surface area contributed by atoms with Gasteiger partial charge < -0.3 is 14.8 Å². The highest BCUT2D eigenvalue weighted by atomic mass is 32.2. The zero-order valence-electron chi connectivity index (χ0n) is 15.6. The van der Waals surface area contributed by atoms with E-state index in [1.54, 1.807) is 0 Å². The molecule has 13 heteroatoms. The lowest BCUT2D eigenvalue weighted by molar-refractivity contribution is -0.384. The minimum Gasteiger partial charge on any atom is -0.481 e. The molecule has 2 heterocycles. The van der Waals surface area contributed by atoms with Crippen molar-refractivity contribution < 1.29 is 19.9 Å². The van der Waals surface area contributed by atoms with Crippen molar-refractivity contribution in [2.75, 3.05) is 5.75 Å². The van der Waals surface area contributed by atoms with Gasteiger partial charge in [0.25, 0.3) is 11.2 Å². The van der Waals surface area contributed by atoms with Gasteiger partial charge in [-0.25, -0.2) is 9.78 Å². The summed E-state index contributed by atoms with van der Waals surface area (Å²) in [5, 5.41) is 30.4. The van der Waals surface area contributed by atoms with Crippen LogP contribution in [0.3, 0.4) is 0 Å². The van der Waals surface area contributed by atoms with Gasteiger partial charge in [-0.2, -0.15) is 0 Å². The first-order chi connectivity index (χ1) is 14.2. The van der Waals surface area contributed by atoms with E-state index in [-0.39, 0.29) is 40.7 Å². The summed E-state index contributed by atoms with van der Waals surface area (Å²) < 4.78 is 2.50. The Bertz CT molecular complexity index is 1230. The van der Waals surface area contributed by atoms with Crippen molar-refractivity contribution in [1.82, 2.24) is 19.1 Å². The Morgan fingerprint density at radius 3 is 2.60 bits per heavy atom. The molecule has 2 aromatic heterocycles. The number of non-ortho nitro benzene ring substituents is 1. The normalized spacial score (nSPS) is 12.2. The summed E-state index contributed by atoms with van der Waals surface area (Å²) in [6.45, 7) is -0.100. The van der Waals surface area contributed by atoms with Gasteiger partial charge in [0.15, 0.2) is 16.3 Å². The molecule has 3 N–H and O–H groups in total.